The van der Waals surface area contributed by atoms with Gasteiger partial charge in [-0.05, 0) is 35.5 Å². The van der Waals surface area contributed by atoms with Gasteiger partial charge >= 0.3 is 0 Å². The van der Waals surface area contributed by atoms with Gasteiger partial charge in [-0.15, -0.1) is 11.8 Å². The number of unbranched alkanes of at least 4 members (excludes halogenated alkanes) is 1. The smallest absolute Gasteiger partial charge is 0.226 e. The molecule has 1 rings (SSSR count). The first-order chi connectivity index (χ1) is 14.0. The van der Waals surface area contributed by atoms with Gasteiger partial charge in [-0.3, -0.25) is 14.4 Å². The van der Waals surface area contributed by atoms with Crippen LogP contribution in [0.2, 0.25) is 0 Å². The fourth-order valence-electron chi connectivity index (χ4n) is 2.86. The van der Waals surface area contributed by atoms with Gasteiger partial charge in [-0.2, -0.15) is 23.5 Å². The predicted octanol–water partition coefficient (Wildman–Crippen LogP) is 3.69. The van der Waals surface area contributed by atoms with Crippen LogP contribution in [0, 0.1) is 0 Å². The van der Waals surface area contributed by atoms with Gasteiger partial charge in [0.15, 0.2) is 0 Å². The molecule has 0 N–H and O–H groups in total. The van der Waals surface area contributed by atoms with Crippen LogP contribution in [0.4, 0.5) is 0 Å². The maximum atomic E-state index is 12.7. The second-order valence-corrected chi connectivity index (χ2v) is 10.5. The third kappa shape index (κ3) is 10.7. The standard InChI is InChI=1S/C20H35N3O3S3/c1-4-27-12-8-7-9-18(24)21-15-22(19(25)10-13-28-5-2)17-23(16-21)20(26)11-14-29-6-3/h5H,2,4,6-17H2,1,3H3. The lowest BCUT2D eigenvalue weighted by molar-refractivity contribution is -0.158. The molecule has 1 heterocycles. The van der Waals surface area contributed by atoms with Gasteiger partial charge in [0.2, 0.25) is 17.7 Å². The van der Waals surface area contributed by atoms with Crippen molar-refractivity contribution in [3.05, 3.63) is 12.0 Å². The molecule has 1 aliphatic rings. The van der Waals surface area contributed by atoms with Gasteiger partial charge in [0.05, 0.1) is 20.0 Å². The maximum Gasteiger partial charge on any atom is 0.226 e. The summed E-state index contributed by atoms with van der Waals surface area (Å²) in [6, 6.07) is 0. The van der Waals surface area contributed by atoms with E-state index in [9.17, 15) is 14.4 Å². The van der Waals surface area contributed by atoms with Crippen molar-refractivity contribution in [1.82, 2.24) is 14.7 Å². The van der Waals surface area contributed by atoms with Crippen molar-refractivity contribution in [2.24, 2.45) is 0 Å². The average Bonchev–Trinajstić information content (AvgIpc) is 2.73. The van der Waals surface area contributed by atoms with Gasteiger partial charge in [0, 0.05) is 30.8 Å². The highest BCUT2D eigenvalue weighted by Gasteiger charge is 2.31. The molecule has 0 atom stereocenters. The molecule has 1 saturated heterocycles. The molecule has 0 bridgehead atoms. The lowest BCUT2D eigenvalue weighted by Crippen LogP contribution is -2.59. The zero-order chi connectivity index (χ0) is 21.5. The normalized spacial score (nSPS) is 14.2. The van der Waals surface area contributed by atoms with Crippen LogP contribution >= 0.6 is 35.3 Å². The van der Waals surface area contributed by atoms with E-state index in [-0.39, 0.29) is 37.7 Å². The van der Waals surface area contributed by atoms with E-state index in [1.165, 1.54) is 11.8 Å². The van der Waals surface area contributed by atoms with E-state index in [0.29, 0.717) is 25.0 Å². The molecule has 0 unspecified atom stereocenters. The number of hydrogen-bond donors (Lipinski definition) is 0. The Morgan fingerprint density at radius 3 is 1.76 bits per heavy atom. The Kier molecular flexibility index (Phi) is 14.4. The van der Waals surface area contributed by atoms with Crippen molar-refractivity contribution in [2.45, 2.75) is 46.0 Å². The van der Waals surface area contributed by atoms with Crippen LogP contribution in [-0.4, -0.2) is 81.2 Å². The Hall–Kier alpha value is -0.800. The number of carbonyl (C=O) groups excluding carboxylic acids is 3. The highest BCUT2D eigenvalue weighted by atomic mass is 32.2. The van der Waals surface area contributed by atoms with Gasteiger partial charge < -0.3 is 14.7 Å². The fourth-order valence-corrected chi connectivity index (χ4v) is 4.62. The SMILES string of the molecule is C=CSCCC(=O)N1CN(C(=O)CCCCSCC)CN(C(=O)CCSCC)C1. The van der Waals surface area contributed by atoms with Crippen LogP contribution < -0.4 is 0 Å². The number of hydrogen-bond acceptors (Lipinski definition) is 6. The van der Waals surface area contributed by atoms with E-state index in [4.69, 9.17) is 0 Å². The topological polar surface area (TPSA) is 60.9 Å². The van der Waals surface area contributed by atoms with Crippen LogP contribution in [0.3, 0.4) is 0 Å². The summed E-state index contributed by atoms with van der Waals surface area (Å²) >= 11 is 5.10. The Labute approximate surface area is 188 Å². The van der Waals surface area contributed by atoms with Crippen LogP contribution in [0.1, 0.15) is 46.0 Å². The lowest BCUT2D eigenvalue weighted by Gasteiger charge is -2.42. The van der Waals surface area contributed by atoms with Crippen LogP contribution in [0.25, 0.3) is 0 Å². The molecular formula is C20H35N3O3S3. The zero-order valence-corrected chi connectivity index (χ0v) is 20.2. The highest BCUT2D eigenvalue weighted by molar-refractivity contribution is 8.02. The first-order valence-electron chi connectivity index (χ1n) is 10.2. The molecule has 1 aliphatic heterocycles. The summed E-state index contributed by atoms with van der Waals surface area (Å²) < 4.78 is 0. The minimum atomic E-state index is -0.0306. The van der Waals surface area contributed by atoms with Crippen molar-refractivity contribution in [2.75, 3.05) is 48.8 Å². The Morgan fingerprint density at radius 2 is 1.24 bits per heavy atom. The highest BCUT2D eigenvalue weighted by Crippen LogP contribution is 2.16. The number of amides is 3. The second-order valence-electron chi connectivity index (χ2n) is 6.61. The first-order valence-corrected chi connectivity index (χ1v) is 13.6. The predicted molar refractivity (Wildman–Crippen MR) is 127 cm³/mol. The van der Waals surface area contributed by atoms with E-state index in [1.807, 2.05) is 11.8 Å². The van der Waals surface area contributed by atoms with Crippen LogP contribution in [0.5, 0.6) is 0 Å². The molecular weight excluding hydrogens is 426 g/mol. The Balaban J connectivity index is 2.67. The largest absolute Gasteiger partial charge is 0.307 e. The summed E-state index contributed by atoms with van der Waals surface area (Å²) in [6.45, 7) is 8.67. The monoisotopic (exact) mass is 461 g/mol. The van der Waals surface area contributed by atoms with Crippen molar-refractivity contribution in [3.63, 3.8) is 0 Å². The van der Waals surface area contributed by atoms with Gasteiger partial charge in [-0.25, -0.2) is 0 Å². The third-order valence-electron chi connectivity index (χ3n) is 4.43. The van der Waals surface area contributed by atoms with E-state index < -0.39 is 0 Å². The summed E-state index contributed by atoms with van der Waals surface area (Å²) in [7, 11) is 0. The quantitative estimate of drug-likeness (QED) is 0.368. The second kappa shape index (κ2) is 16.0. The summed E-state index contributed by atoms with van der Waals surface area (Å²) in [6.07, 6.45) is 3.12. The summed E-state index contributed by atoms with van der Waals surface area (Å²) in [5.74, 6) is 4.54. The molecule has 9 heteroatoms. The van der Waals surface area contributed by atoms with Crippen molar-refractivity contribution < 1.29 is 14.4 Å². The molecule has 3 amide bonds. The molecule has 0 radical (unpaired) electrons. The van der Waals surface area contributed by atoms with Crippen molar-refractivity contribution in [1.29, 1.82) is 0 Å². The minimum Gasteiger partial charge on any atom is -0.307 e. The molecule has 166 valence electrons. The number of nitrogens with zero attached hydrogens (tertiary/aromatic N) is 3. The van der Waals surface area contributed by atoms with E-state index in [2.05, 4.69) is 20.4 Å². The molecule has 29 heavy (non-hydrogen) atoms. The molecule has 0 aliphatic carbocycles. The van der Waals surface area contributed by atoms with Gasteiger partial charge in [0.1, 0.15) is 0 Å². The number of rotatable bonds is 14. The van der Waals surface area contributed by atoms with E-state index in [0.717, 1.165) is 35.9 Å². The molecule has 0 aromatic carbocycles. The van der Waals surface area contributed by atoms with E-state index >= 15 is 0 Å². The number of carbonyl (C=O) groups is 3. The maximum absolute atomic E-state index is 12.7. The first kappa shape index (κ1) is 26.2. The molecule has 0 saturated carbocycles. The van der Waals surface area contributed by atoms with Crippen LogP contribution in [0.15, 0.2) is 12.0 Å². The zero-order valence-electron chi connectivity index (χ0n) is 17.8. The Bertz CT molecular complexity index is 534. The van der Waals surface area contributed by atoms with Gasteiger partial charge in [0.25, 0.3) is 0 Å². The molecule has 0 spiro atoms. The van der Waals surface area contributed by atoms with Gasteiger partial charge in [-0.1, -0.05) is 20.4 Å². The Morgan fingerprint density at radius 1 is 0.759 bits per heavy atom. The fraction of sp³-hybridized carbons (Fsp3) is 0.750. The lowest BCUT2D eigenvalue weighted by atomic mass is 10.2. The molecule has 1 fully saturated rings. The number of thioether (sulfide) groups is 3. The summed E-state index contributed by atoms with van der Waals surface area (Å²) in [5, 5.41) is 1.72. The van der Waals surface area contributed by atoms with Crippen LogP contribution in [-0.2, 0) is 14.4 Å². The summed E-state index contributed by atoms with van der Waals surface area (Å²) in [5.41, 5.74) is 0. The van der Waals surface area contributed by atoms with E-state index in [1.54, 1.807) is 31.9 Å². The minimum absolute atomic E-state index is 0.000984. The third-order valence-corrected chi connectivity index (χ3v) is 6.99. The molecule has 6 nitrogen and oxygen atoms in total. The average molecular weight is 462 g/mol. The summed E-state index contributed by atoms with van der Waals surface area (Å²) in [4.78, 5) is 42.8. The molecule has 0 aromatic rings. The molecule has 0 aromatic heterocycles. The van der Waals surface area contributed by atoms with Crippen molar-refractivity contribution >= 4 is 53.0 Å². The van der Waals surface area contributed by atoms with Crippen molar-refractivity contribution in [3.8, 4) is 0 Å².